The third kappa shape index (κ3) is 3.43. The van der Waals surface area contributed by atoms with Crippen molar-refractivity contribution in [1.29, 1.82) is 0 Å². The second-order valence-electron chi connectivity index (χ2n) is 7.06. The van der Waals surface area contributed by atoms with Crippen LogP contribution < -0.4 is 10.1 Å². The molecule has 2 N–H and O–H groups in total. The van der Waals surface area contributed by atoms with Crippen molar-refractivity contribution in [3.63, 3.8) is 0 Å². The Bertz CT molecular complexity index is 1340. The number of hydrogen-bond acceptors (Lipinski definition) is 7. The molecule has 5 rings (SSSR count). The molecule has 0 unspecified atom stereocenters. The van der Waals surface area contributed by atoms with Crippen LogP contribution in [0, 0.1) is 5.82 Å². The number of fused-ring (bicyclic) bond motifs is 2. The Balaban J connectivity index is 1.44. The number of halogens is 1. The van der Waals surface area contributed by atoms with E-state index in [1.165, 1.54) is 18.3 Å². The zero-order chi connectivity index (χ0) is 21.5. The molecule has 1 aliphatic rings. The zero-order valence-corrected chi connectivity index (χ0v) is 16.7. The minimum absolute atomic E-state index is 0.217. The van der Waals surface area contributed by atoms with Gasteiger partial charge >= 0.3 is 6.09 Å². The van der Waals surface area contributed by atoms with Crippen LogP contribution in [0.4, 0.5) is 9.18 Å². The van der Waals surface area contributed by atoms with E-state index in [4.69, 9.17) is 9.47 Å². The number of ether oxygens (including phenoxy) is 2. The molecule has 1 atom stereocenters. The lowest BCUT2D eigenvalue weighted by molar-refractivity contribution is 0.198. The van der Waals surface area contributed by atoms with Gasteiger partial charge in [0.05, 0.1) is 18.3 Å². The van der Waals surface area contributed by atoms with Crippen LogP contribution in [0.25, 0.3) is 33.5 Å². The van der Waals surface area contributed by atoms with Gasteiger partial charge in [-0.25, -0.2) is 19.2 Å². The lowest BCUT2D eigenvalue weighted by atomic mass is 10.1. The van der Waals surface area contributed by atoms with Crippen LogP contribution in [-0.4, -0.2) is 55.9 Å². The SMILES string of the molecule is C[C@@H](NC(=O)Oc1c[nH]c2ncc(-c3nn(C)c4cc(F)ccc34)nc12)C1=NCCO1. The molecule has 11 heteroatoms. The highest BCUT2D eigenvalue weighted by Gasteiger charge is 2.21. The zero-order valence-electron chi connectivity index (χ0n) is 16.7. The molecular formula is C20H18FN7O3. The average Bonchev–Trinajstić information content (AvgIpc) is 3.48. The third-order valence-corrected chi connectivity index (χ3v) is 4.92. The van der Waals surface area contributed by atoms with Gasteiger partial charge in [-0.3, -0.25) is 9.67 Å². The van der Waals surface area contributed by atoms with E-state index in [0.29, 0.717) is 47.1 Å². The molecule has 0 fully saturated rings. The molecule has 0 spiro atoms. The highest BCUT2D eigenvalue weighted by atomic mass is 19.1. The molecule has 4 heterocycles. The molecule has 1 aliphatic heterocycles. The van der Waals surface area contributed by atoms with E-state index >= 15 is 0 Å². The largest absolute Gasteiger partial charge is 0.478 e. The molecule has 0 aliphatic carbocycles. The van der Waals surface area contributed by atoms with Crippen LogP contribution in [0.1, 0.15) is 6.92 Å². The van der Waals surface area contributed by atoms with Crippen LogP contribution in [0.3, 0.4) is 0 Å². The van der Waals surface area contributed by atoms with Gasteiger partial charge in [0.15, 0.2) is 16.9 Å². The number of benzene rings is 1. The quantitative estimate of drug-likeness (QED) is 0.521. The number of aromatic amines is 1. The van der Waals surface area contributed by atoms with Gasteiger partial charge in [0.2, 0.25) is 5.90 Å². The Kier molecular flexibility index (Phi) is 4.50. The first-order valence-corrected chi connectivity index (χ1v) is 9.62. The van der Waals surface area contributed by atoms with Gasteiger partial charge in [-0.05, 0) is 25.1 Å². The van der Waals surface area contributed by atoms with E-state index in [2.05, 4.69) is 30.4 Å². The van der Waals surface area contributed by atoms with E-state index in [1.54, 1.807) is 30.9 Å². The number of hydrogen-bond donors (Lipinski definition) is 2. The first-order chi connectivity index (χ1) is 15.0. The second kappa shape index (κ2) is 7.35. The molecule has 4 aromatic rings. The van der Waals surface area contributed by atoms with E-state index in [1.807, 2.05) is 0 Å². The van der Waals surface area contributed by atoms with Crippen molar-refractivity contribution in [2.24, 2.45) is 12.0 Å². The Morgan fingerprint density at radius 1 is 1.42 bits per heavy atom. The molecule has 0 saturated heterocycles. The molecule has 158 valence electrons. The fourth-order valence-electron chi connectivity index (χ4n) is 3.46. The van der Waals surface area contributed by atoms with E-state index < -0.39 is 12.1 Å². The summed E-state index contributed by atoms with van der Waals surface area (Å²) in [4.78, 5) is 28.4. The highest BCUT2D eigenvalue weighted by Crippen LogP contribution is 2.29. The molecule has 1 aromatic carbocycles. The third-order valence-electron chi connectivity index (χ3n) is 4.92. The summed E-state index contributed by atoms with van der Waals surface area (Å²) in [6.45, 7) is 2.84. The number of carbonyl (C=O) groups excluding carboxylic acids is 1. The minimum atomic E-state index is -0.669. The second-order valence-corrected chi connectivity index (χ2v) is 7.06. The number of H-pyrrole nitrogens is 1. The lowest BCUT2D eigenvalue weighted by Gasteiger charge is -2.12. The average molecular weight is 423 g/mol. The summed E-state index contributed by atoms with van der Waals surface area (Å²) in [5, 5.41) is 7.87. The van der Waals surface area contributed by atoms with Gasteiger partial charge in [0, 0.05) is 18.6 Å². The van der Waals surface area contributed by atoms with Crippen molar-refractivity contribution < 1.29 is 18.7 Å². The number of amides is 1. The number of nitrogens with zero attached hydrogens (tertiary/aromatic N) is 5. The smallest absolute Gasteiger partial charge is 0.413 e. The summed E-state index contributed by atoms with van der Waals surface area (Å²) in [6, 6.07) is 4.01. The maximum Gasteiger partial charge on any atom is 0.413 e. The molecule has 1 amide bonds. The Morgan fingerprint density at radius 3 is 3.10 bits per heavy atom. The van der Waals surface area contributed by atoms with Crippen LogP contribution in [0.5, 0.6) is 5.75 Å². The summed E-state index contributed by atoms with van der Waals surface area (Å²) >= 11 is 0. The summed E-state index contributed by atoms with van der Waals surface area (Å²) in [5.74, 6) is 0.338. The van der Waals surface area contributed by atoms with E-state index in [9.17, 15) is 9.18 Å². The number of carbonyl (C=O) groups is 1. The van der Waals surface area contributed by atoms with Crippen molar-refractivity contribution in [3.05, 3.63) is 36.4 Å². The van der Waals surface area contributed by atoms with Crippen molar-refractivity contribution in [2.45, 2.75) is 13.0 Å². The number of aliphatic imine (C=N–C) groups is 1. The van der Waals surface area contributed by atoms with Gasteiger partial charge in [-0.2, -0.15) is 5.10 Å². The summed E-state index contributed by atoms with van der Waals surface area (Å²) in [7, 11) is 1.73. The topological polar surface area (TPSA) is 119 Å². The van der Waals surface area contributed by atoms with Crippen LogP contribution in [0.15, 0.2) is 35.6 Å². The number of aromatic nitrogens is 5. The highest BCUT2D eigenvalue weighted by molar-refractivity contribution is 5.94. The number of nitrogens with one attached hydrogen (secondary N) is 2. The molecule has 10 nitrogen and oxygen atoms in total. The van der Waals surface area contributed by atoms with Gasteiger partial charge < -0.3 is 19.8 Å². The Labute approximate surface area is 175 Å². The molecule has 0 radical (unpaired) electrons. The van der Waals surface area contributed by atoms with Crippen molar-refractivity contribution in [1.82, 2.24) is 30.0 Å². The van der Waals surface area contributed by atoms with E-state index in [-0.39, 0.29) is 11.6 Å². The maximum absolute atomic E-state index is 13.6. The van der Waals surface area contributed by atoms with Crippen LogP contribution in [0.2, 0.25) is 0 Å². The van der Waals surface area contributed by atoms with Gasteiger partial charge in [0.1, 0.15) is 29.9 Å². The van der Waals surface area contributed by atoms with Crippen molar-refractivity contribution in [3.8, 4) is 17.1 Å². The summed E-state index contributed by atoms with van der Waals surface area (Å²) < 4.78 is 26.0. The number of aryl methyl sites for hydroxylation is 1. The number of rotatable bonds is 4. The first-order valence-electron chi connectivity index (χ1n) is 9.62. The fraction of sp³-hybridized carbons (Fsp3) is 0.250. The minimum Gasteiger partial charge on any atom is -0.478 e. The predicted octanol–water partition coefficient (Wildman–Crippen LogP) is 2.56. The molecule has 3 aromatic heterocycles. The molecule has 0 saturated carbocycles. The molecular weight excluding hydrogens is 405 g/mol. The normalized spacial score (nSPS) is 14.5. The fourth-order valence-corrected chi connectivity index (χ4v) is 3.46. The van der Waals surface area contributed by atoms with Crippen LogP contribution in [-0.2, 0) is 11.8 Å². The maximum atomic E-state index is 13.6. The standard InChI is InChI=1S/C20H18FN7O3/c1-10(19-22-5-6-30-19)25-20(29)31-15-9-24-18-17(15)26-13(8-23-18)16-12-4-3-11(21)7-14(12)28(2)27-16/h3-4,7-10H,5-6H2,1-2H3,(H,23,24)(H,25,29)/t10-/m1/s1. The van der Waals surface area contributed by atoms with Gasteiger partial charge in [-0.1, -0.05) is 0 Å². The van der Waals surface area contributed by atoms with Crippen molar-refractivity contribution >= 4 is 34.1 Å². The van der Waals surface area contributed by atoms with Crippen LogP contribution >= 0.6 is 0 Å². The first kappa shape index (κ1) is 19.0. The van der Waals surface area contributed by atoms with Gasteiger partial charge in [0.25, 0.3) is 0 Å². The van der Waals surface area contributed by atoms with Gasteiger partial charge in [-0.15, -0.1) is 0 Å². The summed E-state index contributed by atoms with van der Waals surface area (Å²) in [6.07, 6.45) is 2.40. The Hall–Kier alpha value is -4.02. The predicted molar refractivity (Wildman–Crippen MR) is 110 cm³/mol. The Morgan fingerprint density at radius 2 is 2.29 bits per heavy atom. The molecule has 31 heavy (non-hydrogen) atoms. The summed E-state index contributed by atoms with van der Waals surface area (Å²) in [5.41, 5.74) is 2.48. The lowest BCUT2D eigenvalue weighted by Crippen LogP contribution is -2.40. The monoisotopic (exact) mass is 423 g/mol. The van der Waals surface area contributed by atoms with E-state index in [0.717, 1.165) is 5.39 Å². The van der Waals surface area contributed by atoms with Crippen molar-refractivity contribution in [2.75, 3.05) is 13.2 Å². The molecule has 0 bridgehead atoms.